The minimum absolute atomic E-state index is 0.0204. The number of amides is 1. The van der Waals surface area contributed by atoms with E-state index in [9.17, 15) is 4.79 Å². The number of hydrogen-bond donors (Lipinski definition) is 1. The number of carbonyl (C=O) groups is 1. The van der Waals surface area contributed by atoms with Crippen molar-refractivity contribution in [3.63, 3.8) is 0 Å². The van der Waals surface area contributed by atoms with Crippen molar-refractivity contribution in [2.45, 2.75) is 6.04 Å². The van der Waals surface area contributed by atoms with Gasteiger partial charge in [0.05, 0.1) is 17.5 Å². The molecule has 1 atom stereocenters. The minimum atomic E-state index is -0.193. The minimum Gasteiger partial charge on any atom is -0.343 e. The molecule has 0 radical (unpaired) electrons. The molecular formula is C15H16N2OS. The van der Waals surface area contributed by atoms with Crippen LogP contribution >= 0.6 is 11.8 Å². The average molecular weight is 272 g/mol. The van der Waals surface area contributed by atoms with E-state index in [2.05, 4.69) is 10.3 Å². The third-order valence-corrected chi connectivity index (χ3v) is 3.25. The summed E-state index contributed by atoms with van der Waals surface area (Å²) in [4.78, 5) is 16.2. The molecule has 0 fully saturated rings. The highest BCUT2D eigenvalue weighted by atomic mass is 32.2. The zero-order valence-corrected chi connectivity index (χ0v) is 11.6. The highest BCUT2D eigenvalue weighted by Crippen LogP contribution is 2.19. The summed E-state index contributed by atoms with van der Waals surface area (Å²) < 4.78 is 0. The van der Waals surface area contributed by atoms with E-state index in [0.717, 1.165) is 11.3 Å². The van der Waals surface area contributed by atoms with Gasteiger partial charge in [0.15, 0.2) is 0 Å². The molecule has 2 aromatic rings. The summed E-state index contributed by atoms with van der Waals surface area (Å²) in [7, 11) is 0. The molecule has 0 saturated carbocycles. The zero-order chi connectivity index (χ0) is 13.5. The molecular weight excluding hydrogens is 256 g/mol. The molecule has 1 aromatic heterocycles. The van der Waals surface area contributed by atoms with E-state index in [0.29, 0.717) is 5.75 Å². The topological polar surface area (TPSA) is 42.0 Å². The third-order valence-electron chi connectivity index (χ3n) is 2.70. The predicted molar refractivity (Wildman–Crippen MR) is 79.0 cm³/mol. The highest BCUT2D eigenvalue weighted by Gasteiger charge is 2.17. The first-order valence-corrected chi connectivity index (χ1v) is 7.45. The number of rotatable bonds is 5. The summed E-state index contributed by atoms with van der Waals surface area (Å²) in [6, 6.07) is 15.4. The van der Waals surface area contributed by atoms with Gasteiger partial charge in [0.2, 0.25) is 5.91 Å². The van der Waals surface area contributed by atoms with Crippen molar-refractivity contribution in [1.82, 2.24) is 10.3 Å². The van der Waals surface area contributed by atoms with E-state index >= 15 is 0 Å². The number of thioether (sulfide) groups is 1. The Kier molecular flexibility index (Phi) is 4.98. The van der Waals surface area contributed by atoms with Gasteiger partial charge in [-0.05, 0) is 24.0 Å². The Morgan fingerprint density at radius 2 is 1.95 bits per heavy atom. The quantitative estimate of drug-likeness (QED) is 0.910. The fourth-order valence-electron chi connectivity index (χ4n) is 1.85. The normalized spacial score (nSPS) is 11.8. The van der Waals surface area contributed by atoms with Gasteiger partial charge in [-0.25, -0.2) is 0 Å². The van der Waals surface area contributed by atoms with Crippen LogP contribution in [0.3, 0.4) is 0 Å². The molecule has 2 rings (SSSR count). The number of benzene rings is 1. The fraction of sp³-hybridized carbons (Fsp3) is 0.200. The van der Waals surface area contributed by atoms with Crippen LogP contribution in [0.25, 0.3) is 0 Å². The van der Waals surface area contributed by atoms with Gasteiger partial charge in [-0.15, -0.1) is 0 Å². The Labute approximate surface area is 117 Å². The van der Waals surface area contributed by atoms with Gasteiger partial charge in [-0.1, -0.05) is 36.4 Å². The standard InChI is InChI=1S/C15H16N2OS/c1-19-11-14(18)17-15(12-7-3-2-4-8-12)13-9-5-6-10-16-13/h2-10,15H,11H2,1H3,(H,17,18)/t15-/m0/s1. The molecule has 0 spiro atoms. The summed E-state index contributed by atoms with van der Waals surface area (Å²) >= 11 is 1.51. The van der Waals surface area contributed by atoms with E-state index in [4.69, 9.17) is 0 Å². The SMILES string of the molecule is CSCC(=O)N[C@@H](c1ccccc1)c1ccccn1. The van der Waals surface area contributed by atoms with Gasteiger partial charge in [-0.2, -0.15) is 11.8 Å². The Bertz CT molecular complexity index is 477. The molecule has 1 heterocycles. The number of hydrogen-bond acceptors (Lipinski definition) is 3. The molecule has 0 unspecified atom stereocenters. The molecule has 19 heavy (non-hydrogen) atoms. The van der Waals surface area contributed by atoms with Crippen molar-refractivity contribution in [1.29, 1.82) is 0 Å². The van der Waals surface area contributed by atoms with Gasteiger partial charge < -0.3 is 5.32 Å². The van der Waals surface area contributed by atoms with Crippen molar-refractivity contribution >= 4 is 17.7 Å². The summed E-state index contributed by atoms with van der Waals surface area (Å²) in [5.41, 5.74) is 1.89. The lowest BCUT2D eigenvalue weighted by molar-refractivity contribution is -0.119. The Hall–Kier alpha value is -1.81. The molecule has 98 valence electrons. The van der Waals surface area contributed by atoms with Crippen LogP contribution in [-0.4, -0.2) is 22.9 Å². The monoisotopic (exact) mass is 272 g/mol. The van der Waals surface area contributed by atoms with Crippen LogP contribution in [0.5, 0.6) is 0 Å². The van der Waals surface area contributed by atoms with E-state index in [1.165, 1.54) is 11.8 Å². The van der Waals surface area contributed by atoms with Crippen molar-refractivity contribution in [3.05, 3.63) is 66.0 Å². The van der Waals surface area contributed by atoms with Gasteiger partial charge >= 0.3 is 0 Å². The van der Waals surface area contributed by atoms with Crippen LogP contribution in [0.1, 0.15) is 17.3 Å². The van der Waals surface area contributed by atoms with Crippen LogP contribution in [0.4, 0.5) is 0 Å². The molecule has 0 saturated heterocycles. The smallest absolute Gasteiger partial charge is 0.230 e. The number of nitrogens with one attached hydrogen (secondary N) is 1. The lowest BCUT2D eigenvalue weighted by Crippen LogP contribution is -2.31. The number of aromatic nitrogens is 1. The molecule has 0 aliphatic heterocycles. The van der Waals surface area contributed by atoms with Gasteiger partial charge in [0.1, 0.15) is 0 Å². The zero-order valence-electron chi connectivity index (χ0n) is 10.7. The lowest BCUT2D eigenvalue weighted by atomic mass is 10.0. The van der Waals surface area contributed by atoms with Crippen LogP contribution in [0.2, 0.25) is 0 Å². The van der Waals surface area contributed by atoms with Crippen LogP contribution < -0.4 is 5.32 Å². The van der Waals surface area contributed by atoms with E-state index in [1.54, 1.807) is 6.20 Å². The fourth-order valence-corrected chi connectivity index (χ4v) is 2.20. The van der Waals surface area contributed by atoms with Crippen molar-refractivity contribution in [2.75, 3.05) is 12.0 Å². The molecule has 0 aliphatic carbocycles. The van der Waals surface area contributed by atoms with Gasteiger partial charge in [0.25, 0.3) is 0 Å². The maximum atomic E-state index is 11.8. The molecule has 1 N–H and O–H groups in total. The Morgan fingerprint density at radius 1 is 1.21 bits per heavy atom. The first-order chi connectivity index (χ1) is 9.31. The molecule has 0 aliphatic rings. The maximum Gasteiger partial charge on any atom is 0.230 e. The maximum absolute atomic E-state index is 11.8. The second kappa shape index (κ2) is 6.95. The molecule has 0 bridgehead atoms. The van der Waals surface area contributed by atoms with Gasteiger partial charge in [-0.3, -0.25) is 9.78 Å². The Balaban J connectivity index is 2.26. The molecule has 1 aromatic carbocycles. The van der Waals surface area contributed by atoms with Crippen LogP contribution in [0, 0.1) is 0 Å². The van der Waals surface area contributed by atoms with E-state index in [1.807, 2.05) is 54.8 Å². The predicted octanol–water partition coefficient (Wildman–Crippen LogP) is 2.65. The van der Waals surface area contributed by atoms with Crippen molar-refractivity contribution in [3.8, 4) is 0 Å². The first kappa shape index (κ1) is 13.6. The Morgan fingerprint density at radius 3 is 2.58 bits per heavy atom. The summed E-state index contributed by atoms with van der Waals surface area (Å²) in [5.74, 6) is 0.475. The lowest BCUT2D eigenvalue weighted by Gasteiger charge is -2.18. The second-order valence-corrected chi connectivity index (χ2v) is 4.96. The first-order valence-electron chi connectivity index (χ1n) is 6.05. The number of pyridine rings is 1. The van der Waals surface area contributed by atoms with Crippen LogP contribution in [0.15, 0.2) is 54.7 Å². The van der Waals surface area contributed by atoms with Crippen LogP contribution in [-0.2, 0) is 4.79 Å². The summed E-state index contributed by atoms with van der Waals surface area (Å²) in [6.45, 7) is 0. The van der Waals surface area contributed by atoms with E-state index in [-0.39, 0.29) is 11.9 Å². The summed E-state index contributed by atoms with van der Waals surface area (Å²) in [5, 5.41) is 3.03. The summed E-state index contributed by atoms with van der Waals surface area (Å²) in [6.07, 6.45) is 3.66. The average Bonchev–Trinajstić information content (AvgIpc) is 2.47. The van der Waals surface area contributed by atoms with Crippen molar-refractivity contribution < 1.29 is 4.79 Å². The number of nitrogens with zero attached hydrogens (tertiary/aromatic N) is 1. The molecule has 3 nitrogen and oxygen atoms in total. The third kappa shape index (κ3) is 3.83. The van der Waals surface area contributed by atoms with Crippen molar-refractivity contribution in [2.24, 2.45) is 0 Å². The second-order valence-electron chi connectivity index (χ2n) is 4.10. The molecule has 4 heteroatoms. The largest absolute Gasteiger partial charge is 0.343 e. The highest BCUT2D eigenvalue weighted by molar-refractivity contribution is 7.99. The number of carbonyl (C=O) groups excluding carboxylic acids is 1. The van der Waals surface area contributed by atoms with Gasteiger partial charge in [0, 0.05) is 6.20 Å². The van der Waals surface area contributed by atoms with E-state index < -0.39 is 0 Å². The molecule has 1 amide bonds.